The smallest absolute Gasteiger partial charge is 0.119 e. The molecular formula is C12H19BrN2O2. The molecule has 0 saturated heterocycles. The third-order valence-corrected chi connectivity index (χ3v) is 3.40. The minimum Gasteiger partial charge on any atom is -0.497 e. The molecule has 1 aromatic rings. The lowest BCUT2D eigenvalue weighted by Gasteiger charge is -2.16. The predicted octanol–water partition coefficient (Wildman–Crippen LogP) is 1.87. The molecule has 96 valence electrons. The van der Waals surface area contributed by atoms with Crippen molar-refractivity contribution >= 4 is 15.9 Å². The number of methoxy groups -OCH3 is 2. The summed E-state index contributed by atoms with van der Waals surface area (Å²) in [5, 5.41) is 0. The van der Waals surface area contributed by atoms with Gasteiger partial charge in [0.05, 0.1) is 7.11 Å². The van der Waals surface area contributed by atoms with Gasteiger partial charge in [0, 0.05) is 24.2 Å². The second-order valence-electron chi connectivity index (χ2n) is 3.81. The summed E-state index contributed by atoms with van der Waals surface area (Å²) in [6.07, 6.45) is 1.70. The van der Waals surface area contributed by atoms with E-state index in [9.17, 15) is 0 Å². The highest BCUT2D eigenvalue weighted by molar-refractivity contribution is 9.10. The Bertz CT molecular complexity index is 347. The van der Waals surface area contributed by atoms with Gasteiger partial charge in [0.25, 0.3) is 0 Å². The Kier molecular flexibility index (Phi) is 6.50. The summed E-state index contributed by atoms with van der Waals surface area (Å²) in [5.74, 6) is 6.38. The van der Waals surface area contributed by atoms with Crippen LogP contribution in [0.15, 0.2) is 22.7 Å². The topological polar surface area (TPSA) is 56.5 Å². The molecule has 0 amide bonds. The summed E-state index contributed by atoms with van der Waals surface area (Å²) in [6.45, 7) is 0.691. The molecule has 0 heterocycles. The van der Waals surface area contributed by atoms with Gasteiger partial charge in [-0.25, -0.2) is 0 Å². The molecule has 1 unspecified atom stereocenters. The Balaban J connectivity index is 2.70. The van der Waals surface area contributed by atoms with Crippen LogP contribution in [-0.4, -0.2) is 26.9 Å². The lowest BCUT2D eigenvalue weighted by atomic mass is 10.0. The second kappa shape index (κ2) is 7.66. The van der Waals surface area contributed by atoms with Crippen LogP contribution in [0.4, 0.5) is 0 Å². The lowest BCUT2D eigenvalue weighted by Crippen LogP contribution is -2.37. The normalized spacial score (nSPS) is 12.5. The molecule has 17 heavy (non-hydrogen) atoms. The van der Waals surface area contributed by atoms with Crippen LogP contribution in [0.3, 0.4) is 0 Å². The van der Waals surface area contributed by atoms with E-state index in [0.29, 0.717) is 6.61 Å². The van der Waals surface area contributed by atoms with Crippen molar-refractivity contribution in [2.45, 2.75) is 18.9 Å². The standard InChI is InChI=1S/C12H19BrN2O2/c1-16-6-5-10(15-14)7-9-8-11(17-2)3-4-12(9)13/h3-4,8,10,15H,5-7,14H2,1-2H3. The van der Waals surface area contributed by atoms with E-state index in [1.54, 1.807) is 14.2 Å². The number of hydrogen-bond donors (Lipinski definition) is 2. The summed E-state index contributed by atoms with van der Waals surface area (Å²) < 4.78 is 11.3. The fourth-order valence-corrected chi connectivity index (χ4v) is 2.01. The number of ether oxygens (including phenoxy) is 2. The molecule has 0 bridgehead atoms. The van der Waals surface area contributed by atoms with Crippen LogP contribution in [0.1, 0.15) is 12.0 Å². The highest BCUT2D eigenvalue weighted by Crippen LogP contribution is 2.24. The molecule has 0 aliphatic heterocycles. The van der Waals surface area contributed by atoms with E-state index in [2.05, 4.69) is 21.4 Å². The SMILES string of the molecule is COCCC(Cc1cc(OC)ccc1Br)NN. The number of nitrogens with one attached hydrogen (secondary N) is 1. The zero-order chi connectivity index (χ0) is 12.7. The first-order valence-corrected chi connectivity index (χ1v) is 6.28. The van der Waals surface area contributed by atoms with Crippen LogP contribution in [0.25, 0.3) is 0 Å². The van der Waals surface area contributed by atoms with Crippen molar-refractivity contribution in [3.8, 4) is 5.75 Å². The van der Waals surface area contributed by atoms with Crippen molar-refractivity contribution in [1.29, 1.82) is 0 Å². The van der Waals surface area contributed by atoms with Crippen LogP contribution in [-0.2, 0) is 11.2 Å². The number of hydrogen-bond acceptors (Lipinski definition) is 4. The largest absolute Gasteiger partial charge is 0.497 e. The first-order valence-electron chi connectivity index (χ1n) is 5.48. The maximum Gasteiger partial charge on any atom is 0.119 e. The van der Waals surface area contributed by atoms with Gasteiger partial charge < -0.3 is 9.47 Å². The van der Waals surface area contributed by atoms with Crippen molar-refractivity contribution in [2.75, 3.05) is 20.8 Å². The Morgan fingerprint density at radius 1 is 1.41 bits per heavy atom. The van der Waals surface area contributed by atoms with Gasteiger partial charge in [-0.2, -0.15) is 0 Å². The van der Waals surface area contributed by atoms with Gasteiger partial charge in [0.2, 0.25) is 0 Å². The maximum atomic E-state index is 5.53. The summed E-state index contributed by atoms with van der Waals surface area (Å²) in [6, 6.07) is 6.12. The van der Waals surface area contributed by atoms with Gasteiger partial charge in [0.15, 0.2) is 0 Å². The highest BCUT2D eigenvalue weighted by atomic mass is 79.9. The van der Waals surface area contributed by atoms with E-state index in [4.69, 9.17) is 15.3 Å². The monoisotopic (exact) mass is 302 g/mol. The van der Waals surface area contributed by atoms with Crippen molar-refractivity contribution < 1.29 is 9.47 Å². The zero-order valence-electron chi connectivity index (χ0n) is 10.2. The molecule has 4 nitrogen and oxygen atoms in total. The Labute approximate surface area is 111 Å². The molecule has 0 aromatic heterocycles. The van der Waals surface area contributed by atoms with Gasteiger partial charge in [-0.1, -0.05) is 15.9 Å². The fraction of sp³-hybridized carbons (Fsp3) is 0.500. The Morgan fingerprint density at radius 3 is 2.76 bits per heavy atom. The van der Waals surface area contributed by atoms with Crippen molar-refractivity contribution in [2.24, 2.45) is 5.84 Å². The number of nitrogens with two attached hydrogens (primary N) is 1. The fourth-order valence-electron chi connectivity index (χ4n) is 1.60. The van der Waals surface area contributed by atoms with Crippen LogP contribution in [0.2, 0.25) is 0 Å². The van der Waals surface area contributed by atoms with E-state index in [1.165, 1.54) is 5.56 Å². The number of halogens is 1. The minimum atomic E-state index is 0.193. The van der Waals surface area contributed by atoms with E-state index in [1.807, 2.05) is 18.2 Å². The van der Waals surface area contributed by atoms with Crippen LogP contribution in [0, 0.1) is 0 Å². The Morgan fingerprint density at radius 2 is 2.18 bits per heavy atom. The summed E-state index contributed by atoms with van der Waals surface area (Å²) in [5.41, 5.74) is 3.98. The third kappa shape index (κ3) is 4.63. The Hall–Kier alpha value is -0.620. The van der Waals surface area contributed by atoms with Gasteiger partial charge >= 0.3 is 0 Å². The molecular weight excluding hydrogens is 284 g/mol. The molecule has 1 aromatic carbocycles. The molecule has 0 radical (unpaired) electrons. The van der Waals surface area contributed by atoms with E-state index in [0.717, 1.165) is 23.1 Å². The molecule has 0 aliphatic carbocycles. The molecule has 1 rings (SSSR count). The summed E-state index contributed by atoms with van der Waals surface area (Å²) in [7, 11) is 3.35. The van der Waals surface area contributed by atoms with Gasteiger partial charge in [-0.3, -0.25) is 11.3 Å². The van der Waals surface area contributed by atoms with E-state index in [-0.39, 0.29) is 6.04 Å². The highest BCUT2D eigenvalue weighted by Gasteiger charge is 2.10. The second-order valence-corrected chi connectivity index (χ2v) is 4.66. The predicted molar refractivity (Wildman–Crippen MR) is 72.0 cm³/mol. The van der Waals surface area contributed by atoms with E-state index < -0.39 is 0 Å². The molecule has 0 saturated carbocycles. The summed E-state index contributed by atoms with van der Waals surface area (Å²) in [4.78, 5) is 0. The molecule has 1 atom stereocenters. The average Bonchev–Trinajstić information content (AvgIpc) is 2.36. The van der Waals surface area contributed by atoms with Crippen LogP contribution in [0.5, 0.6) is 5.75 Å². The summed E-state index contributed by atoms with van der Waals surface area (Å²) >= 11 is 3.53. The number of hydrazine groups is 1. The molecule has 3 N–H and O–H groups in total. The average molecular weight is 303 g/mol. The zero-order valence-corrected chi connectivity index (χ0v) is 11.8. The first kappa shape index (κ1) is 14.4. The molecule has 5 heteroatoms. The number of rotatable bonds is 7. The number of benzene rings is 1. The molecule has 0 spiro atoms. The quantitative estimate of drug-likeness (QED) is 0.596. The van der Waals surface area contributed by atoms with Crippen LogP contribution >= 0.6 is 15.9 Å². The minimum absolute atomic E-state index is 0.193. The first-order chi connectivity index (χ1) is 8.21. The van der Waals surface area contributed by atoms with E-state index >= 15 is 0 Å². The molecule has 0 aliphatic rings. The lowest BCUT2D eigenvalue weighted by molar-refractivity contribution is 0.182. The van der Waals surface area contributed by atoms with Crippen molar-refractivity contribution in [3.63, 3.8) is 0 Å². The van der Waals surface area contributed by atoms with Gasteiger partial charge in [-0.15, -0.1) is 0 Å². The van der Waals surface area contributed by atoms with Gasteiger partial charge in [0.1, 0.15) is 5.75 Å². The van der Waals surface area contributed by atoms with Gasteiger partial charge in [-0.05, 0) is 36.6 Å². The van der Waals surface area contributed by atoms with Crippen molar-refractivity contribution in [1.82, 2.24) is 5.43 Å². The third-order valence-electron chi connectivity index (χ3n) is 2.63. The maximum absolute atomic E-state index is 5.53. The van der Waals surface area contributed by atoms with Crippen LogP contribution < -0.4 is 16.0 Å². The molecule has 0 fully saturated rings. The van der Waals surface area contributed by atoms with Crippen molar-refractivity contribution in [3.05, 3.63) is 28.2 Å².